The van der Waals surface area contributed by atoms with E-state index in [4.69, 9.17) is 5.73 Å². The van der Waals surface area contributed by atoms with Crippen molar-refractivity contribution in [3.8, 4) is 5.75 Å². The Kier molecular flexibility index (Phi) is 7.11. The molecule has 3 aliphatic rings. The molecule has 0 aliphatic heterocycles. The smallest absolute Gasteiger partial charge is 0.255 e. The molecule has 0 saturated heterocycles. The molecule has 220 valence electrons. The van der Waals surface area contributed by atoms with Gasteiger partial charge in [-0.2, -0.15) is 0 Å². The highest BCUT2D eigenvalue weighted by molar-refractivity contribution is 6.24. The number of hydrogen-bond donors (Lipinski definition) is 6. The minimum absolute atomic E-state index is 0.0224. The summed E-state index contributed by atoms with van der Waals surface area (Å²) in [6.07, 6.45) is 3.10. The summed E-state index contributed by atoms with van der Waals surface area (Å²) in [6.45, 7) is 0. The maximum atomic E-state index is 15.4. The number of phenolic OH excluding ortho intramolecular Hbond substituents is 1. The molecule has 1 aromatic heterocycles. The van der Waals surface area contributed by atoms with E-state index >= 15 is 4.39 Å². The van der Waals surface area contributed by atoms with E-state index in [0.29, 0.717) is 6.42 Å². The summed E-state index contributed by atoms with van der Waals surface area (Å²) in [5, 5.41) is 47.2. The van der Waals surface area contributed by atoms with Crippen molar-refractivity contribution in [2.24, 2.45) is 17.6 Å². The van der Waals surface area contributed by atoms with E-state index in [1.54, 1.807) is 24.5 Å². The molecule has 3 aliphatic carbocycles. The molecule has 13 heteroatoms. The number of nitrogens with zero attached hydrogens (tertiary/aromatic N) is 2. The van der Waals surface area contributed by atoms with Gasteiger partial charge in [0.1, 0.15) is 22.9 Å². The third-order valence-electron chi connectivity index (χ3n) is 8.30. The number of ketones is 2. The number of halogens is 1. The third-order valence-corrected chi connectivity index (χ3v) is 8.30. The van der Waals surface area contributed by atoms with Crippen LogP contribution in [0.25, 0.3) is 5.76 Å². The second-order valence-corrected chi connectivity index (χ2v) is 11.0. The lowest BCUT2D eigenvalue weighted by atomic mass is 9.57. The summed E-state index contributed by atoms with van der Waals surface area (Å²) in [7, 11) is 2.97. The largest absolute Gasteiger partial charge is 0.508 e. The number of benzene rings is 1. The average molecular weight is 581 g/mol. The molecule has 0 unspecified atom stereocenters. The number of aromatic nitrogens is 1. The fourth-order valence-corrected chi connectivity index (χ4v) is 6.38. The average Bonchev–Trinajstić information content (AvgIpc) is 2.92. The molecule has 2 aromatic rings. The Hall–Kier alpha value is -4.62. The van der Waals surface area contributed by atoms with Gasteiger partial charge in [0.25, 0.3) is 5.91 Å². The van der Waals surface area contributed by atoms with Gasteiger partial charge in [-0.25, -0.2) is 4.39 Å². The Balaban J connectivity index is 1.55. The molecule has 4 atom stereocenters. The predicted octanol–water partition coefficient (Wildman–Crippen LogP) is 1.07. The van der Waals surface area contributed by atoms with Gasteiger partial charge in [-0.15, -0.1) is 0 Å². The number of aliphatic hydroxyl groups excluding tert-OH is 2. The standard InChI is InChI=1S/C29H29FN4O8/c1-34(2)22-15-9-13-8-14-16(30)10-17(33-18(35)6-5-12-4-3-7-32-11-12)23(36)20(14)24(37)19(13)26(39)29(15,42)27(40)21(25(22)38)28(31)41/h3-4,7,10-11,13,15,22,36-37,40,42H,5-6,8-9H2,1-2H3,(H2,31,41)(H,33,35)/t13-,15-,22-,29-/m0/s1. The molecule has 2 amide bonds. The summed E-state index contributed by atoms with van der Waals surface area (Å²) in [5.74, 6) is -9.83. The Bertz CT molecular complexity index is 1600. The molecule has 1 fully saturated rings. The first-order chi connectivity index (χ1) is 19.8. The second kappa shape index (κ2) is 10.3. The number of aryl methyl sites for hydroxylation is 1. The molecule has 1 heterocycles. The van der Waals surface area contributed by atoms with Crippen LogP contribution < -0.4 is 11.1 Å². The molecule has 0 spiro atoms. The Morgan fingerprint density at radius 2 is 1.95 bits per heavy atom. The van der Waals surface area contributed by atoms with Crippen LogP contribution in [0.3, 0.4) is 0 Å². The highest BCUT2D eigenvalue weighted by Gasteiger charge is 2.64. The number of amides is 2. The van der Waals surface area contributed by atoms with Gasteiger partial charge in [0.2, 0.25) is 11.7 Å². The number of rotatable bonds is 6. The van der Waals surface area contributed by atoms with Gasteiger partial charge in [0.15, 0.2) is 17.1 Å². The molecule has 5 rings (SSSR count). The fraction of sp³-hybridized carbons (Fsp3) is 0.345. The zero-order valence-electron chi connectivity index (χ0n) is 22.7. The van der Waals surface area contributed by atoms with Crippen LogP contribution in [-0.2, 0) is 32.0 Å². The van der Waals surface area contributed by atoms with Gasteiger partial charge in [0.05, 0.1) is 17.3 Å². The molecule has 1 aromatic carbocycles. The Labute approximate surface area is 239 Å². The van der Waals surface area contributed by atoms with Gasteiger partial charge in [-0.3, -0.25) is 29.1 Å². The first-order valence-corrected chi connectivity index (χ1v) is 13.2. The number of Topliss-reactive ketones (excluding diaryl/α,β-unsaturated/α-hetero) is 2. The van der Waals surface area contributed by atoms with Crippen molar-refractivity contribution in [3.63, 3.8) is 0 Å². The van der Waals surface area contributed by atoms with Crippen molar-refractivity contribution in [2.45, 2.75) is 37.3 Å². The number of aliphatic hydroxyl groups is 3. The number of pyridine rings is 1. The number of phenols is 1. The van der Waals surface area contributed by atoms with E-state index in [1.165, 1.54) is 19.0 Å². The van der Waals surface area contributed by atoms with E-state index in [9.17, 15) is 39.6 Å². The Morgan fingerprint density at radius 3 is 2.57 bits per heavy atom. The summed E-state index contributed by atoms with van der Waals surface area (Å²) in [4.78, 5) is 57.0. The fourth-order valence-electron chi connectivity index (χ4n) is 6.38. The van der Waals surface area contributed by atoms with Crippen molar-refractivity contribution in [1.29, 1.82) is 0 Å². The van der Waals surface area contributed by atoms with Gasteiger partial charge in [-0.1, -0.05) is 6.07 Å². The van der Waals surface area contributed by atoms with E-state index < -0.39 is 86.7 Å². The zero-order chi connectivity index (χ0) is 30.7. The number of hydrogen-bond acceptors (Lipinski definition) is 10. The zero-order valence-corrected chi connectivity index (χ0v) is 22.7. The van der Waals surface area contributed by atoms with Crippen LogP contribution in [0.15, 0.2) is 47.5 Å². The molecular weight excluding hydrogens is 551 g/mol. The molecule has 12 nitrogen and oxygen atoms in total. The number of likely N-dealkylation sites (N-methyl/N-ethyl adjacent to an activating group) is 1. The van der Waals surface area contributed by atoms with Gasteiger partial charge in [-0.05, 0) is 50.9 Å². The number of carbonyl (C=O) groups excluding carboxylic acids is 4. The monoisotopic (exact) mass is 580 g/mol. The van der Waals surface area contributed by atoms with Crippen LogP contribution in [0.1, 0.15) is 29.5 Å². The highest BCUT2D eigenvalue weighted by atomic mass is 19.1. The summed E-state index contributed by atoms with van der Waals surface area (Å²) < 4.78 is 15.4. The van der Waals surface area contributed by atoms with Crippen LogP contribution in [0.2, 0.25) is 0 Å². The minimum atomic E-state index is -2.81. The Morgan fingerprint density at radius 1 is 1.24 bits per heavy atom. The molecule has 42 heavy (non-hydrogen) atoms. The lowest BCUT2D eigenvalue weighted by molar-refractivity contribution is -0.153. The van der Waals surface area contributed by atoms with Gasteiger partial charge in [0, 0.05) is 41.9 Å². The number of carbonyl (C=O) groups is 4. The number of anilines is 1. The molecule has 7 N–H and O–H groups in total. The van der Waals surface area contributed by atoms with E-state index in [2.05, 4.69) is 10.3 Å². The first-order valence-electron chi connectivity index (χ1n) is 13.2. The number of nitrogens with one attached hydrogen (secondary N) is 1. The first kappa shape index (κ1) is 28.9. The third kappa shape index (κ3) is 4.32. The maximum Gasteiger partial charge on any atom is 0.255 e. The van der Waals surface area contributed by atoms with Gasteiger partial charge < -0.3 is 31.5 Å². The van der Waals surface area contributed by atoms with E-state index in [0.717, 1.165) is 11.6 Å². The van der Waals surface area contributed by atoms with E-state index in [-0.39, 0.29) is 30.5 Å². The lowest BCUT2D eigenvalue weighted by Crippen LogP contribution is -2.65. The number of primary amides is 1. The lowest BCUT2D eigenvalue weighted by Gasteiger charge is -2.50. The predicted molar refractivity (Wildman–Crippen MR) is 145 cm³/mol. The molecule has 1 saturated carbocycles. The summed E-state index contributed by atoms with van der Waals surface area (Å²) in [5.41, 5.74) is 1.01. The summed E-state index contributed by atoms with van der Waals surface area (Å²) >= 11 is 0. The van der Waals surface area contributed by atoms with Gasteiger partial charge >= 0.3 is 0 Å². The normalized spacial score (nSPS) is 25.2. The van der Waals surface area contributed by atoms with Crippen LogP contribution in [0.4, 0.5) is 10.1 Å². The van der Waals surface area contributed by atoms with Crippen LogP contribution >= 0.6 is 0 Å². The maximum absolute atomic E-state index is 15.4. The van der Waals surface area contributed by atoms with Crippen molar-refractivity contribution < 1.29 is 44.0 Å². The quantitative estimate of drug-likeness (QED) is 0.212. The van der Waals surface area contributed by atoms with Crippen LogP contribution in [0.5, 0.6) is 5.75 Å². The molecular formula is C29H29FN4O8. The van der Waals surface area contributed by atoms with Crippen molar-refractivity contribution in [1.82, 2.24) is 9.88 Å². The van der Waals surface area contributed by atoms with Crippen molar-refractivity contribution >= 4 is 34.8 Å². The van der Waals surface area contributed by atoms with Crippen LogP contribution in [-0.4, -0.2) is 79.4 Å². The minimum Gasteiger partial charge on any atom is -0.508 e. The highest BCUT2D eigenvalue weighted by Crippen LogP contribution is 2.53. The van der Waals surface area contributed by atoms with Crippen LogP contribution in [0, 0.1) is 17.7 Å². The number of fused-ring (bicyclic) bond motifs is 3. The molecule has 0 radical (unpaired) electrons. The second-order valence-electron chi connectivity index (χ2n) is 11.0. The SMILES string of the molecule is CN(C)[C@@H]1C(=O)C(C(N)=O)=C(O)[C@@]2(O)C(=O)C3=C(O)c4c(O)c(NC(=O)CCc5cccnc5)cc(F)c4C[C@H]3C[C@@H]12. The topological polar surface area (TPSA) is 203 Å². The number of aromatic hydroxyl groups is 1. The van der Waals surface area contributed by atoms with Crippen molar-refractivity contribution in [2.75, 3.05) is 19.4 Å². The van der Waals surface area contributed by atoms with E-state index in [1.807, 2.05) is 0 Å². The van der Waals surface area contributed by atoms with Crippen molar-refractivity contribution in [3.05, 3.63) is 70.0 Å². The number of nitrogens with two attached hydrogens (primary N) is 1. The molecule has 0 bridgehead atoms. The summed E-state index contributed by atoms with van der Waals surface area (Å²) in [6, 6.07) is 3.16.